The van der Waals surface area contributed by atoms with E-state index in [-0.39, 0.29) is 5.91 Å². The van der Waals surface area contributed by atoms with Crippen LogP contribution in [0, 0.1) is 13.8 Å². The molecule has 0 atom stereocenters. The number of aromatic nitrogens is 3. The van der Waals surface area contributed by atoms with Crippen LogP contribution >= 0.6 is 0 Å². The van der Waals surface area contributed by atoms with Crippen LogP contribution in [0.2, 0.25) is 0 Å². The first-order valence-electron chi connectivity index (χ1n) is 5.82. The van der Waals surface area contributed by atoms with Crippen LogP contribution < -0.4 is 0 Å². The Labute approximate surface area is 106 Å². The van der Waals surface area contributed by atoms with Gasteiger partial charge in [-0.25, -0.2) is 4.98 Å². The molecule has 96 valence electrons. The lowest BCUT2D eigenvalue weighted by Crippen LogP contribution is -2.11. The van der Waals surface area contributed by atoms with Gasteiger partial charge in [-0.05, 0) is 19.4 Å². The zero-order chi connectivity index (χ0) is 13.7. The van der Waals surface area contributed by atoms with Crippen LogP contribution in [0.5, 0.6) is 0 Å². The molecule has 0 aliphatic heterocycles. The van der Waals surface area contributed by atoms with Gasteiger partial charge in [-0.3, -0.25) is 14.2 Å². The monoisotopic (exact) mass is 247 g/mol. The van der Waals surface area contributed by atoms with E-state index in [2.05, 4.69) is 9.97 Å². The Hall–Kier alpha value is -2.17. The van der Waals surface area contributed by atoms with Crippen LogP contribution in [0.4, 0.5) is 0 Å². The molecule has 18 heavy (non-hydrogen) atoms. The lowest BCUT2D eigenvalue weighted by molar-refractivity contribution is 0.0958. The normalized spacial score (nSPS) is 9.56. The summed E-state index contributed by atoms with van der Waals surface area (Å²) in [5.74, 6) is -0.183. The van der Waals surface area contributed by atoms with Crippen molar-refractivity contribution in [2.75, 3.05) is 0 Å². The molecule has 2 aromatic rings. The van der Waals surface area contributed by atoms with Crippen molar-refractivity contribution in [2.24, 2.45) is 0 Å². The van der Waals surface area contributed by atoms with E-state index < -0.39 is 0 Å². The highest BCUT2D eigenvalue weighted by Gasteiger charge is 2.18. The van der Waals surface area contributed by atoms with E-state index in [9.17, 15) is 9.59 Å². The highest BCUT2D eigenvalue weighted by molar-refractivity contribution is 6.00. The number of hydrogen-bond donors (Lipinski definition) is 1. The summed E-state index contributed by atoms with van der Waals surface area (Å²) < 4.78 is 1.39. The van der Waals surface area contributed by atoms with Crippen LogP contribution in [-0.2, 0) is 0 Å². The molecule has 2 heterocycles. The molecule has 0 radical (unpaired) electrons. The van der Waals surface area contributed by atoms with Gasteiger partial charge in [0.1, 0.15) is 6.33 Å². The molecule has 0 amide bonds. The second-order valence-corrected chi connectivity index (χ2v) is 3.56. The topological polar surface area (TPSA) is 67.8 Å². The molecule has 0 saturated carbocycles. The van der Waals surface area contributed by atoms with Gasteiger partial charge in [0.05, 0.1) is 11.3 Å². The van der Waals surface area contributed by atoms with Gasteiger partial charge in [0.25, 0.3) is 5.91 Å². The Morgan fingerprint density at radius 1 is 1.39 bits per heavy atom. The van der Waals surface area contributed by atoms with Crippen molar-refractivity contribution in [3.63, 3.8) is 0 Å². The van der Waals surface area contributed by atoms with E-state index in [1.807, 2.05) is 13.8 Å². The van der Waals surface area contributed by atoms with E-state index in [0.717, 1.165) is 0 Å². The van der Waals surface area contributed by atoms with E-state index >= 15 is 0 Å². The van der Waals surface area contributed by atoms with Gasteiger partial charge in [0, 0.05) is 18.1 Å². The Kier molecular flexibility index (Phi) is 4.59. The number of aryl methyl sites for hydroxylation is 1. The summed E-state index contributed by atoms with van der Waals surface area (Å²) in [5, 5.41) is 0. The van der Waals surface area contributed by atoms with Crippen molar-refractivity contribution in [3.05, 3.63) is 41.2 Å². The van der Waals surface area contributed by atoms with Crippen molar-refractivity contribution < 1.29 is 9.59 Å². The summed E-state index contributed by atoms with van der Waals surface area (Å²) in [6.07, 6.45) is 5.27. The zero-order valence-corrected chi connectivity index (χ0v) is 11.0. The number of rotatable bonds is 2. The van der Waals surface area contributed by atoms with Gasteiger partial charge in [-0.15, -0.1) is 0 Å². The largest absolute Gasteiger partial charge is 0.356 e. The minimum atomic E-state index is -0.183. The van der Waals surface area contributed by atoms with Crippen molar-refractivity contribution in [1.29, 1.82) is 0 Å². The molecule has 5 heteroatoms. The summed E-state index contributed by atoms with van der Waals surface area (Å²) >= 11 is 0. The Balaban J connectivity index is 0.000000771. The van der Waals surface area contributed by atoms with Gasteiger partial charge < -0.3 is 4.98 Å². The Morgan fingerprint density at radius 3 is 2.50 bits per heavy atom. The van der Waals surface area contributed by atoms with Crippen molar-refractivity contribution >= 4 is 12.2 Å². The highest BCUT2D eigenvalue weighted by Crippen LogP contribution is 2.17. The molecular weight excluding hydrogens is 230 g/mol. The lowest BCUT2D eigenvalue weighted by atomic mass is 10.1. The van der Waals surface area contributed by atoms with E-state index in [4.69, 9.17) is 0 Å². The van der Waals surface area contributed by atoms with Gasteiger partial charge in [-0.1, -0.05) is 13.8 Å². The number of H-pyrrole nitrogens is 1. The molecule has 1 N–H and O–H groups in total. The summed E-state index contributed by atoms with van der Waals surface area (Å²) in [5.41, 5.74) is 2.34. The number of aldehydes is 1. The third kappa shape index (κ3) is 2.40. The minimum absolute atomic E-state index is 0.183. The smallest absolute Gasteiger partial charge is 0.265 e. The molecule has 0 aliphatic carbocycles. The quantitative estimate of drug-likeness (QED) is 0.828. The molecule has 0 spiro atoms. The fourth-order valence-electron chi connectivity index (χ4n) is 1.72. The van der Waals surface area contributed by atoms with Gasteiger partial charge in [0.15, 0.2) is 6.29 Å². The van der Waals surface area contributed by atoms with Crippen molar-refractivity contribution in [2.45, 2.75) is 27.7 Å². The van der Waals surface area contributed by atoms with E-state index in [1.54, 1.807) is 20.0 Å². The number of hydrogen-bond acceptors (Lipinski definition) is 3. The van der Waals surface area contributed by atoms with Gasteiger partial charge in [-0.2, -0.15) is 0 Å². The Morgan fingerprint density at radius 2 is 2.06 bits per heavy atom. The number of carbonyl (C=O) groups excluding carboxylic acids is 2. The van der Waals surface area contributed by atoms with Crippen LogP contribution in [0.3, 0.4) is 0 Å². The third-order valence-electron chi connectivity index (χ3n) is 2.55. The standard InChI is InChI=1S/C11H11N3O2.C2H6/c1-7-9(5-15)13-8(2)10(7)11(16)14-4-3-12-6-14;1-2/h3-6,13H,1-2H3;1-2H3. The van der Waals surface area contributed by atoms with Crippen LogP contribution in [0.15, 0.2) is 18.7 Å². The molecule has 0 aromatic carbocycles. The summed E-state index contributed by atoms with van der Waals surface area (Å²) in [6, 6.07) is 0. The molecular formula is C13H17N3O2. The molecule has 2 aromatic heterocycles. The first kappa shape index (κ1) is 13.9. The van der Waals surface area contributed by atoms with Gasteiger partial charge in [0.2, 0.25) is 0 Å². The molecule has 0 aliphatic rings. The zero-order valence-electron chi connectivity index (χ0n) is 11.0. The summed E-state index contributed by atoms with van der Waals surface area (Å²) in [7, 11) is 0. The SMILES string of the molecule is CC.Cc1[nH]c(C=O)c(C)c1C(=O)n1ccnc1. The van der Waals surface area contributed by atoms with Crippen LogP contribution in [0.25, 0.3) is 0 Å². The molecule has 0 fully saturated rings. The number of nitrogens with one attached hydrogen (secondary N) is 1. The fourth-order valence-corrected chi connectivity index (χ4v) is 1.72. The predicted molar refractivity (Wildman–Crippen MR) is 69.0 cm³/mol. The first-order valence-corrected chi connectivity index (χ1v) is 5.82. The van der Waals surface area contributed by atoms with Crippen LogP contribution in [0.1, 0.15) is 46.0 Å². The maximum Gasteiger partial charge on any atom is 0.265 e. The van der Waals surface area contributed by atoms with Crippen molar-refractivity contribution in [1.82, 2.24) is 14.5 Å². The number of imidazole rings is 1. The van der Waals surface area contributed by atoms with Gasteiger partial charge >= 0.3 is 0 Å². The molecule has 0 bridgehead atoms. The fraction of sp³-hybridized carbons (Fsp3) is 0.308. The summed E-state index contributed by atoms with van der Waals surface area (Å²) in [6.45, 7) is 7.52. The maximum atomic E-state index is 12.1. The van der Waals surface area contributed by atoms with Crippen molar-refractivity contribution in [3.8, 4) is 0 Å². The highest BCUT2D eigenvalue weighted by atomic mass is 16.2. The number of nitrogens with zero attached hydrogens (tertiary/aromatic N) is 2. The lowest BCUT2D eigenvalue weighted by Gasteiger charge is -2.01. The second-order valence-electron chi connectivity index (χ2n) is 3.56. The molecule has 2 rings (SSSR count). The molecule has 0 saturated heterocycles. The average Bonchev–Trinajstić information content (AvgIpc) is 3.00. The van der Waals surface area contributed by atoms with Crippen LogP contribution in [-0.4, -0.2) is 26.7 Å². The average molecular weight is 247 g/mol. The minimum Gasteiger partial charge on any atom is -0.356 e. The summed E-state index contributed by atoms with van der Waals surface area (Å²) in [4.78, 5) is 29.5. The second kappa shape index (κ2) is 5.95. The van der Waals surface area contributed by atoms with E-state index in [1.165, 1.54) is 17.1 Å². The Bertz CT molecular complexity index is 539. The third-order valence-corrected chi connectivity index (χ3v) is 2.55. The predicted octanol–water partition coefficient (Wildman–Crippen LogP) is 2.36. The molecule has 0 unspecified atom stereocenters. The number of aromatic amines is 1. The number of carbonyl (C=O) groups is 2. The molecule has 5 nitrogen and oxygen atoms in total. The first-order chi connectivity index (χ1) is 8.65. The maximum absolute atomic E-state index is 12.1. The van der Waals surface area contributed by atoms with E-state index in [0.29, 0.717) is 28.8 Å².